The van der Waals surface area contributed by atoms with Crippen molar-refractivity contribution < 1.29 is 5.11 Å². The van der Waals surface area contributed by atoms with Crippen LogP contribution in [0.15, 0.2) is 0 Å². The lowest BCUT2D eigenvalue weighted by atomic mass is 10.2. The summed E-state index contributed by atoms with van der Waals surface area (Å²) in [5, 5.41) is 8.36. The third-order valence-electron chi connectivity index (χ3n) is 0.851. The van der Waals surface area contributed by atoms with Gasteiger partial charge in [0.05, 0.1) is 0 Å². The Balaban J connectivity index is 3.16. The van der Waals surface area contributed by atoms with Gasteiger partial charge < -0.3 is 5.11 Å². The van der Waals surface area contributed by atoms with E-state index in [1.165, 1.54) is 0 Å². The monoisotopic (exact) mass is 126 g/mol. The van der Waals surface area contributed by atoms with Crippen LogP contribution in [0.3, 0.4) is 0 Å². The lowest BCUT2D eigenvalue weighted by Gasteiger charge is -1.87. The molecule has 0 rings (SSSR count). The second kappa shape index (κ2) is 5.65. The molecule has 0 spiro atoms. The van der Waals surface area contributed by atoms with Crippen LogP contribution < -0.4 is 0 Å². The molecule has 52 valence electrons. The highest BCUT2D eigenvalue weighted by molar-refractivity contribution is 5.00. The summed E-state index contributed by atoms with van der Waals surface area (Å²) < 4.78 is 0. The molecule has 9 heavy (non-hydrogen) atoms. The first-order valence-electron chi connectivity index (χ1n) is 3.36. The highest BCUT2D eigenvalue weighted by Gasteiger charge is 1.80. The topological polar surface area (TPSA) is 20.2 Å². The third kappa shape index (κ3) is 7.52. The lowest BCUT2D eigenvalue weighted by Crippen LogP contribution is -1.81. The maximum atomic E-state index is 8.36. The van der Waals surface area contributed by atoms with Crippen LogP contribution in [-0.2, 0) is 0 Å². The molecular weight excluding hydrogens is 112 g/mol. The largest absolute Gasteiger partial charge is 0.396 e. The van der Waals surface area contributed by atoms with Crippen LogP contribution in [0, 0.1) is 17.8 Å². The van der Waals surface area contributed by atoms with E-state index < -0.39 is 0 Å². The van der Waals surface area contributed by atoms with Crippen LogP contribution in [0.2, 0.25) is 0 Å². The molecule has 0 radical (unpaired) electrons. The zero-order chi connectivity index (χ0) is 7.11. The Morgan fingerprint density at radius 2 is 2.11 bits per heavy atom. The zero-order valence-corrected chi connectivity index (χ0v) is 6.15. The summed E-state index contributed by atoms with van der Waals surface area (Å²) in [7, 11) is 0. The van der Waals surface area contributed by atoms with Gasteiger partial charge in [-0.3, -0.25) is 0 Å². The van der Waals surface area contributed by atoms with Crippen molar-refractivity contribution in [2.75, 3.05) is 6.61 Å². The molecule has 1 heteroatoms. The summed E-state index contributed by atoms with van der Waals surface area (Å²) in [4.78, 5) is 0. The molecule has 0 heterocycles. The molecule has 0 amide bonds. The summed E-state index contributed by atoms with van der Waals surface area (Å²) in [5.74, 6) is 6.46. The summed E-state index contributed by atoms with van der Waals surface area (Å²) in [6.07, 6.45) is 1.63. The number of aliphatic hydroxyl groups is 1. The van der Waals surface area contributed by atoms with E-state index in [9.17, 15) is 0 Å². The highest BCUT2D eigenvalue weighted by Crippen LogP contribution is 1.88. The van der Waals surface area contributed by atoms with Crippen LogP contribution in [-0.4, -0.2) is 11.7 Å². The molecule has 0 fully saturated rings. The molecule has 1 nitrogen and oxygen atoms in total. The Morgan fingerprint density at radius 3 is 2.56 bits per heavy atom. The average Bonchev–Trinajstić information content (AvgIpc) is 1.80. The van der Waals surface area contributed by atoms with Crippen molar-refractivity contribution in [3.63, 3.8) is 0 Å². The van der Waals surface area contributed by atoms with E-state index >= 15 is 0 Å². The van der Waals surface area contributed by atoms with Crippen LogP contribution >= 0.6 is 0 Å². The highest BCUT2D eigenvalue weighted by atomic mass is 16.2. The molecule has 0 saturated heterocycles. The van der Waals surface area contributed by atoms with E-state index in [0.717, 1.165) is 12.8 Å². The molecule has 0 aromatic rings. The van der Waals surface area contributed by atoms with Crippen molar-refractivity contribution in [1.82, 2.24) is 0 Å². The minimum atomic E-state index is 0.257. The van der Waals surface area contributed by atoms with E-state index in [2.05, 4.69) is 25.7 Å². The SMILES string of the molecule is CC(C)C#CCCCO. The van der Waals surface area contributed by atoms with Gasteiger partial charge in [-0.05, 0) is 6.42 Å². The van der Waals surface area contributed by atoms with Crippen molar-refractivity contribution >= 4 is 0 Å². The Hall–Kier alpha value is -0.480. The molecule has 0 atom stereocenters. The van der Waals surface area contributed by atoms with Gasteiger partial charge in [0.15, 0.2) is 0 Å². The fourth-order valence-corrected chi connectivity index (χ4v) is 0.444. The van der Waals surface area contributed by atoms with Gasteiger partial charge >= 0.3 is 0 Å². The Morgan fingerprint density at radius 1 is 1.44 bits per heavy atom. The maximum absolute atomic E-state index is 8.36. The van der Waals surface area contributed by atoms with Crippen molar-refractivity contribution in [2.45, 2.75) is 26.7 Å². The zero-order valence-electron chi connectivity index (χ0n) is 6.15. The van der Waals surface area contributed by atoms with Gasteiger partial charge in [0.25, 0.3) is 0 Å². The number of hydrogen-bond acceptors (Lipinski definition) is 1. The first-order chi connectivity index (χ1) is 4.27. The Bertz CT molecular complexity index is 105. The standard InChI is InChI=1S/C8H14O/c1-8(2)6-4-3-5-7-9/h8-9H,3,5,7H2,1-2H3. The van der Waals surface area contributed by atoms with E-state index in [0.29, 0.717) is 5.92 Å². The predicted molar refractivity (Wildman–Crippen MR) is 38.9 cm³/mol. The van der Waals surface area contributed by atoms with Crippen molar-refractivity contribution in [3.8, 4) is 11.8 Å². The normalized spacial score (nSPS) is 8.89. The summed E-state index contributed by atoms with van der Waals surface area (Å²) in [6.45, 7) is 4.38. The number of unbranched alkanes of at least 4 members (excludes halogenated alkanes) is 1. The van der Waals surface area contributed by atoms with E-state index in [1.807, 2.05) is 0 Å². The molecule has 0 aromatic heterocycles. The van der Waals surface area contributed by atoms with Gasteiger partial charge in [-0.25, -0.2) is 0 Å². The number of hydrogen-bond donors (Lipinski definition) is 1. The first kappa shape index (κ1) is 8.52. The Kier molecular flexibility index (Phi) is 5.35. The van der Waals surface area contributed by atoms with Crippen molar-refractivity contribution in [1.29, 1.82) is 0 Å². The molecule has 0 aromatic carbocycles. The van der Waals surface area contributed by atoms with E-state index in [4.69, 9.17) is 5.11 Å². The second-order valence-corrected chi connectivity index (χ2v) is 2.30. The van der Waals surface area contributed by atoms with E-state index in [-0.39, 0.29) is 6.61 Å². The van der Waals surface area contributed by atoms with Crippen molar-refractivity contribution in [3.05, 3.63) is 0 Å². The van der Waals surface area contributed by atoms with Crippen LogP contribution in [0.5, 0.6) is 0 Å². The van der Waals surface area contributed by atoms with Crippen LogP contribution in [0.1, 0.15) is 26.7 Å². The Labute approximate surface area is 57.1 Å². The molecule has 0 bridgehead atoms. The molecule has 0 aliphatic carbocycles. The predicted octanol–water partition coefficient (Wildman–Crippen LogP) is 1.42. The fourth-order valence-electron chi connectivity index (χ4n) is 0.444. The van der Waals surface area contributed by atoms with Crippen LogP contribution in [0.25, 0.3) is 0 Å². The van der Waals surface area contributed by atoms with Gasteiger partial charge in [0, 0.05) is 18.9 Å². The average molecular weight is 126 g/mol. The quantitative estimate of drug-likeness (QED) is 0.438. The maximum Gasteiger partial charge on any atom is 0.0440 e. The fraction of sp³-hybridized carbons (Fsp3) is 0.750. The molecule has 1 N–H and O–H groups in total. The lowest BCUT2D eigenvalue weighted by molar-refractivity contribution is 0.290. The smallest absolute Gasteiger partial charge is 0.0440 e. The molecule has 0 aliphatic rings. The van der Waals surface area contributed by atoms with E-state index in [1.54, 1.807) is 0 Å². The number of aliphatic hydroxyl groups excluding tert-OH is 1. The molecular formula is C8H14O. The molecule has 0 aliphatic heterocycles. The van der Waals surface area contributed by atoms with Gasteiger partial charge in [0.1, 0.15) is 0 Å². The molecule has 0 saturated carbocycles. The minimum Gasteiger partial charge on any atom is -0.396 e. The second-order valence-electron chi connectivity index (χ2n) is 2.30. The summed E-state index contributed by atoms with van der Waals surface area (Å²) in [6, 6.07) is 0. The number of rotatable bonds is 2. The first-order valence-corrected chi connectivity index (χ1v) is 3.36. The van der Waals surface area contributed by atoms with Gasteiger partial charge in [0.2, 0.25) is 0 Å². The van der Waals surface area contributed by atoms with Gasteiger partial charge in [-0.15, -0.1) is 11.8 Å². The summed E-state index contributed by atoms with van der Waals surface area (Å²) >= 11 is 0. The minimum absolute atomic E-state index is 0.257. The third-order valence-corrected chi connectivity index (χ3v) is 0.851. The van der Waals surface area contributed by atoms with Crippen LogP contribution in [0.4, 0.5) is 0 Å². The van der Waals surface area contributed by atoms with Gasteiger partial charge in [-0.1, -0.05) is 13.8 Å². The van der Waals surface area contributed by atoms with Gasteiger partial charge in [-0.2, -0.15) is 0 Å². The molecule has 0 unspecified atom stereocenters. The van der Waals surface area contributed by atoms with Crippen molar-refractivity contribution in [2.24, 2.45) is 5.92 Å². The summed E-state index contributed by atoms with van der Waals surface area (Å²) in [5.41, 5.74) is 0.